The molecule has 2 fully saturated rings. The number of aliphatic hydroxyl groups is 2. The summed E-state index contributed by atoms with van der Waals surface area (Å²) >= 11 is 0. The third kappa shape index (κ3) is 8.81. The van der Waals surface area contributed by atoms with Crippen LogP contribution in [-0.2, 0) is 18.9 Å². The molecule has 2 N–H and O–H groups in total. The second-order valence-electron chi connectivity index (χ2n) is 13.6. The van der Waals surface area contributed by atoms with E-state index in [-0.39, 0.29) is 25.1 Å². The number of hydrogen-bond donors (Lipinski definition) is 2. The Balaban J connectivity index is 0.000000236. The third-order valence-corrected chi connectivity index (χ3v) is 8.57. The van der Waals surface area contributed by atoms with E-state index in [9.17, 15) is 9.90 Å². The van der Waals surface area contributed by atoms with E-state index in [2.05, 4.69) is 4.90 Å². The van der Waals surface area contributed by atoms with E-state index in [0.717, 1.165) is 18.5 Å². The van der Waals surface area contributed by atoms with Crippen molar-refractivity contribution in [2.45, 2.75) is 76.2 Å². The van der Waals surface area contributed by atoms with Gasteiger partial charge in [-0.15, -0.1) is 12.4 Å². The minimum atomic E-state index is -1.01. The van der Waals surface area contributed by atoms with Crippen molar-refractivity contribution in [3.63, 3.8) is 0 Å². The number of hydrogen-bond acceptors (Lipinski definition) is 13. The Bertz CT molecular complexity index is 1720. The van der Waals surface area contributed by atoms with Crippen LogP contribution in [0.3, 0.4) is 0 Å². The fourth-order valence-electron chi connectivity index (χ4n) is 6.27. The smallest absolute Gasteiger partial charge is 0.347 e. The van der Waals surface area contributed by atoms with Crippen LogP contribution in [-0.4, -0.2) is 112 Å². The van der Waals surface area contributed by atoms with Crippen LogP contribution in [0, 0.1) is 0 Å². The highest BCUT2D eigenvalue weighted by Crippen LogP contribution is 2.47. The maximum absolute atomic E-state index is 12.9. The summed E-state index contributed by atoms with van der Waals surface area (Å²) in [4.78, 5) is 15.0. The van der Waals surface area contributed by atoms with Crippen molar-refractivity contribution in [1.29, 1.82) is 0 Å². The minimum Gasteiger partial charge on any atom is -0.497 e. The fraction of sp³-hybridized carbons (Fsp3) is 0.541. The lowest BCUT2D eigenvalue weighted by molar-refractivity contribution is -0.231. The van der Waals surface area contributed by atoms with Crippen LogP contribution in [0.2, 0.25) is 0 Å². The van der Waals surface area contributed by atoms with E-state index in [1.54, 1.807) is 44.6 Å². The zero-order valence-corrected chi connectivity index (χ0v) is 31.4. The average molecular weight is 736 g/mol. The van der Waals surface area contributed by atoms with Crippen molar-refractivity contribution in [2.75, 3.05) is 55.2 Å². The number of benzene rings is 2. The number of halogens is 1. The number of aliphatic hydroxyl groups excluding tert-OH is 2. The highest BCUT2D eigenvalue weighted by molar-refractivity contribution is 5.99. The van der Waals surface area contributed by atoms with E-state index >= 15 is 0 Å². The maximum atomic E-state index is 12.9. The highest BCUT2D eigenvalue weighted by atomic mass is 35.5. The molecule has 3 aliphatic heterocycles. The quantitative estimate of drug-likeness (QED) is 0.208. The molecule has 4 heterocycles. The van der Waals surface area contributed by atoms with Gasteiger partial charge in [-0.2, -0.15) is 0 Å². The van der Waals surface area contributed by atoms with Crippen molar-refractivity contribution in [1.82, 2.24) is 4.90 Å². The summed E-state index contributed by atoms with van der Waals surface area (Å²) in [7, 11) is 8.69. The van der Waals surface area contributed by atoms with E-state index in [1.165, 1.54) is 7.11 Å². The predicted octanol–water partition coefficient (Wildman–Crippen LogP) is 4.64. The molecule has 0 bridgehead atoms. The monoisotopic (exact) mass is 735 g/mol. The van der Waals surface area contributed by atoms with E-state index in [1.807, 2.05) is 53.9 Å². The molecule has 2 aromatic carbocycles. The van der Waals surface area contributed by atoms with E-state index < -0.39 is 41.6 Å². The molecule has 51 heavy (non-hydrogen) atoms. The largest absolute Gasteiger partial charge is 0.497 e. The second-order valence-corrected chi connectivity index (χ2v) is 13.6. The molecule has 3 aliphatic rings. The second kappa shape index (κ2) is 16.5. The summed E-state index contributed by atoms with van der Waals surface area (Å²) in [6.45, 7) is 8.60. The lowest BCUT2D eigenvalue weighted by Crippen LogP contribution is -2.44. The van der Waals surface area contributed by atoms with Gasteiger partial charge in [-0.05, 0) is 84.6 Å². The first-order valence-electron chi connectivity index (χ1n) is 16.6. The summed E-state index contributed by atoms with van der Waals surface area (Å²) in [5.41, 5.74) is 1.11. The van der Waals surface area contributed by atoms with E-state index in [0.29, 0.717) is 51.7 Å². The van der Waals surface area contributed by atoms with Crippen molar-refractivity contribution in [3.05, 3.63) is 52.4 Å². The lowest BCUT2D eigenvalue weighted by Gasteiger charge is -2.29. The summed E-state index contributed by atoms with van der Waals surface area (Å²) in [6, 6.07) is 8.84. The van der Waals surface area contributed by atoms with Gasteiger partial charge in [0.1, 0.15) is 69.5 Å². The Morgan fingerprint density at radius 1 is 0.980 bits per heavy atom. The normalized spacial score (nSPS) is 23.0. The molecule has 1 aromatic heterocycles. The first-order valence-corrected chi connectivity index (χ1v) is 16.6. The number of fused-ring (bicyclic) bond motifs is 3. The molecule has 0 amide bonds. The van der Waals surface area contributed by atoms with Gasteiger partial charge >= 0.3 is 5.63 Å². The summed E-state index contributed by atoms with van der Waals surface area (Å²) in [6.07, 6.45) is 1.74. The summed E-state index contributed by atoms with van der Waals surface area (Å²) < 4.78 is 51.3. The lowest BCUT2D eigenvalue weighted by atomic mass is 9.98. The van der Waals surface area contributed by atoms with Crippen molar-refractivity contribution < 1.29 is 52.5 Å². The highest BCUT2D eigenvalue weighted by Gasteiger charge is 2.56. The van der Waals surface area contributed by atoms with Crippen LogP contribution < -0.4 is 24.6 Å². The molecule has 2 saturated heterocycles. The Hall–Kier alpha value is -3.40. The van der Waals surface area contributed by atoms with Crippen LogP contribution in [0.1, 0.15) is 39.7 Å². The Morgan fingerprint density at radius 2 is 1.67 bits per heavy atom. The Labute approximate surface area is 304 Å². The molecular formula is C37H50ClNO12. The first-order chi connectivity index (χ1) is 23.7. The van der Waals surface area contributed by atoms with Crippen LogP contribution in [0.15, 0.2) is 45.6 Å². The van der Waals surface area contributed by atoms with Crippen molar-refractivity contribution in [3.8, 4) is 34.1 Å². The minimum absolute atomic E-state index is 0. The van der Waals surface area contributed by atoms with Gasteiger partial charge < -0.3 is 57.4 Å². The molecular weight excluding hydrogens is 686 g/mol. The van der Waals surface area contributed by atoms with E-state index in [4.69, 9.17) is 47.4 Å². The topological polar surface area (TPSA) is 148 Å². The molecule has 0 aliphatic carbocycles. The number of nitrogens with zero attached hydrogens (tertiary/aromatic N) is 1. The number of rotatable bonds is 11. The van der Waals surface area contributed by atoms with Gasteiger partial charge in [0.05, 0.1) is 33.5 Å². The Morgan fingerprint density at radius 3 is 2.27 bits per heavy atom. The van der Waals surface area contributed by atoms with Crippen molar-refractivity contribution in [2.24, 2.45) is 0 Å². The first kappa shape index (κ1) is 40.4. The molecule has 0 saturated carbocycles. The standard InChI is InChI=1S/C23H22O6.C14H27NO6.ClH/c1-23(2)11-10-15-16(29-23)12-17-19(20(15)26-4)21(27-5)18(22(24)28-17)13-6-8-14(25-3)9-7-13;1-14(2)20-12-11(18-7-5-6-15(3)4)10(9(17)8-16)19-13(12)21-14;/h6-12H,1-5H3;9-13,16-17H,5-8H2,1-4H3;1H. The molecule has 0 spiro atoms. The van der Waals surface area contributed by atoms with Crippen LogP contribution in [0.4, 0.5) is 0 Å². The van der Waals surface area contributed by atoms with Gasteiger partial charge in [0, 0.05) is 12.7 Å². The van der Waals surface area contributed by atoms with Gasteiger partial charge in [-0.3, -0.25) is 0 Å². The zero-order chi connectivity index (χ0) is 36.4. The number of methoxy groups -OCH3 is 3. The summed E-state index contributed by atoms with van der Waals surface area (Å²) in [5.74, 6) is 1.47. The maximum Gasteiger partial charge on any atom is 0.347 e. The van der Waals surface area contributed by atoms with Gasteiger partial charge in [-0.1, -0.05) is 12.1 Å². The fourth-order valence-corrected chi connectivity index (χ4v) is 6.27. The molecule has 13 nitrogen and oxygen atoms in total. The van der Waals surface area contributed by atoms with Crippen molar-refractivity contribution >= 4 is 29.5 Å². The van der Waals surface area contributed by atoms with Gasteiger partial charge in [0.15, 0.2) is 12.1 Å². The molecule has 5 atom stereocenters. The molecule has 0 radical (unpaired) electrons. The van der Waals surface area contributed by atoms with Crippen LogP contribution in [0.5, 0.6) is 23.0 Å². The number of ether oxygens (including phenoxy) is 8. The SMILES string of the molecule is CN(C)CCCOC1C(C(O)CO)OC2OC(C)(C)OC21.COc1ccc(-c2c(OC)c3c(OC)c4c(cc3oc2=O)OC(C)(C)C=C4)cc1.Cl. The third-order valence-electron chi connectivity index (χ3n) is 8.57. The van der Waals surface area contributed by atoms with Gasteiger partial charge in [-0.25, -0.2) is 4.79 Å². The molecule has 14 heteroatoms. The van der Waals surface area contributed by atoms with Gasteiger partial charge in [0.25, 0.3) is 0 Å². The van der Waals surface area contributed by atoms with Crippen LogP contribution in [0.25, 0.3) is 28.2 Å². The summed E-state index contributed by atoms with van der Waals surface area (Å²) in [5, 5.41) is 19.6. The van der Waals surface area contributed by atoms with Gasteiger partial charge in [0.2, 0.25) is 0 Å². The van der Waals surface area contributed by atoms with Crippen LogP contribution >= 0.6 is 12.4 Å². The molecule has 3 aromatic rings. The predicted molar refractivity (Wildman–Crippen MR) is 193 cm³/mol. The molecule has 6 rings (SSSR count). The zero-order valence-electron chi connectivity index (χ0n) is 30.6. The Kier molecular flexibility index (Phi) is 13.1. The average Bonchev–Trinajstić information content (AvgIpc) is 3.55. The molecule has 5 unspecified atom stereocenters. The molecule has 282 valence electrons.